The summed E-state index contributed by atoms with van der Waals surface area (Å²) in [6.45, 7) is 14.8. The van der Waals surface area contributed by atoms with E-state index in [0.29, 0.717) is 28.8 Å². The van der Waals surface area contributed by atoms with Gasteiger partial charge in [0.15, 0.2) is 5.82 Å². The van der Waals surface area contributed by atoms with Gasteiger partial charge in [-0.3, -0.25) is 9.80 Å². The first-order valence-corrected chi connectivity index (χ1v) is 12.6. The van der Waals surface area contributed by atoms with Crippen LogP contribution in [0.3, 0.4) is 0 Å². The molecular weight excluding hydrogens is 456 g/mol. The zero-order valence-corrected chi connectivity index (χ0v) is 21.9. The molecule has 0 aromatic carbocycles. The molecule has 0 radical (unpaired) electrons. The molecule has 1 aliphatic rings. The Morgan fingerprint density at radius 1 is 1.03 bits per heavy atom. The molecule has 3 aromatic rings. The van der Waals surface area contributed by atoms with Gasteiger partial charge in [-0.05, 0) is 52.3 Å². The quantitative estimate of drug-likeness (QED) is 0.353. The van der Waals surface area contributed by atoms with E-state index >= 15 is 0 Å². The maximum absolute atomic E-state index is 10.0. The average molecular weight is 495 g/mol. The maximum Gasteiger partial charge on any atom is 0.229 e. The summed E-state index contributed by atoms with van der Waals surface area (Å²) in [7, 11) is 0. The summed E-state index contributed by atoms with van der Waals surface area (Å²) in [5.41, 5.74) is 2.23. The number of pyridine rings is 2. The van der Waals surface area contributed by atoms with Gasteiger partial charge in [0.1, 0.15) is 11.3 Å². The molecule has 4 heterocycles. The van der Waals surface area contributed by atoms with Crippen molar-refractivity contribution < 1.29 is 10.2 Å². The van der Waals surface area contributed by atoms with Crippen molar-refractivity contribution in [1.82, 2.24) is 29.7 Å². The van der Waals surface area contributed by atoms with Gasteiger partial charge in [0.2, 0.25) is 5.95 Å². The number of nitrogens with zero attached hydrogens (tertiary/aromatic N) is 6. The fourth-order valence-corrected chi connectivity index (χ4v) is 4.28. The standard InChI is InChI=1S/C26H38N8O2/c1-17(2)29-24-23-20(12-21(30-24)18(3)36)14-28-25(32-23)31-22-7-6-19(13-27-22)15-33-8-10-34(11-9-33)26(4,5)16-35/h6-7,12-14,17-18,35-36H,8-11,15-16H2,1-5H3,(H,29,30)(H,27,28,31,32)/t18-/m1/s1. The van der Waals surface area contributed by atoms with Crippen LogP contribution in [-0.2, 0) is 6.54 Å². The molecule has 0 bridgehead atoms. The normalized spacial score (nSPS) is 16.4. The molecule has 36 heavy (non-hydrogen) atoms. The lowest BCUT2D eigenvalue weighted by Gasteiger charge is -2.43. The van der Waals surface area contributed by atoms with E-state index in [4.69, 9.17) is 0 Å². The van der Waals surface area contributed by atoms with Crippen molar-refractivity contribution in [2.45, 2.75) is 58.8 Å². The van der Waals surface area contributed by atoms with Crippen LogP contribution < -0.4 is 10.6 Å². The number of piperazine rings is 1. The van der Waals surface area contributed by atoms with E-state index in [1.165, 1.54) is 0 Å². The van der Waals surface area contributed by atoms with Crippen molar-refractivity contribution in [2.75, 3.05) is 43.4 Å². The first-order valence-electron chi connectivity index (χ1n) is 12.6. The number of nitrogens with one attached hydrogen (secondary N) is 2. The zero-order valence-electron chi connectivity index (χ0n) is 21.9. The number of anilines is 3. The number of aromatic nitrogens is 4. The number of aliphatic hydroxyl groups excluding tert-OH is 2. The second-order valence-electron chi connectivity index (χ2n) is 10.4. The Morgan fingerprint density at radius 2 is 1.78 bits per heavy atom. The average Bonchev–Trinajstić information content (AvgIpc) is 2.85. The maximum atomic E-state index is 10.0. The molecular formula is C26H38N8O2. The lowest BCUT2D eigenvalue weighted by atomic mass is 10.0. The van der Waals surface area contributed by atoms with Gasteiger partial charge in [0, 0.05) is 62.1 Å². The van der Waals surface area contributed by atoms with Crippen molar-refractivity contribution in [3.8, 4) is 0 Å². The molecule has 3 aromatic heterocycles. The fourth-order valence-electron chi connectivity index (χ4n) is 4.28. The highest BCUT2D eigenvalue weighted by molar-refractivity contribution is 5.89. The molecule has 0 aliphatic carbocycles. The third-order valence-corrected chi connectivity index (χ3v) is 6.53. The zero-order chi connectivity index (χ0) is 25.9. The van der Waals surface area contributed by atoms with Gasteiger partial charge in [-0.2, -0.15) is 0 Å². The highest BCUT2D eigenvalue weighted by Gasteiger charge is 2.29. The molecule has 0 saturated carbocycles. The highest BCUT2D eigenvalue weighted by atomic mass is 16.3. The number of aliphatic hydroxyl groups is 2. The molecule has 1 fully saturated rings. The Morgan fingerprint density at radius 3 is 2.39 bits per heavy atom. The smallest absolute Gasteiger partial charge is 0.229 e. The lowest BCUT2D eigenvalue weighted by Crippen LogP contribution is -2.55. The van der Waals surface area contributed by atoms with E-state index in [1.54, 1.807) is 13.1 Å². The van der Waals surface area contributed by atoms with E-state index in [2.05, 4.69) is 60.3 Å². The molecule has 0 unspecified atom stereocenters. The molecule has 0 amide bonds. The van der Waals surface area contributed by atoms with Crippen molar-refractivity contribution >= 4 is 28.5 Å². The Kier molecular flexibility index (Phi) is 7.99. The van der Waals surface area contributed by atoms with Crippen LogP contribution in [0.25, 0.3) is 10.9 Å². The second kappa shape index (κ2) is 11.0. The van der Waals surface area contributed by atoms with Crippen LogP contribution in [0.1, 0.15) is 52.0 Å². The van der Waals surface area contributed by atoms with Gasteiger partial charge in [0.25, 0.3) is 0 Å². The van der Waals surface area contributed by atoms with Gasteiger partial charge in [-0.15, -0.1) is 0 Å². The van der Waals surface area contributed by atoms with Gasteiger partial charge in [-0.25, -0.2) is 19.9 Å². The summed E-state index contributed by atoms with van der Waals surface area (Å²) < 4.78 is 0. The fraction of sp³-hybridized carbons (Fsp3) is 0.538. The molecule has 1 aliphatic heterocycles. The van der Waals surface area contributed by atoms with E-state index in [-0.39, 0.29) is 18.2 Å². The number of rotatable bonds is 9. The van der Waals surface area contributed by atoms with E-state index in [0.717, 1.165) is 43.7 Å². The van der Waals surface area contributed by atoms with E-state index < -0.39 is 6.10 Å². The monoisotopic (exact) mass is 494 g/mol. The lowest BCUT2D eigenvalue weighted by molar-refractivity contribution is 0.0148. The third kappa shape index (κ3) is 6.25. The van der Waals surface area contributed by atoms with Gasteiger partial charge in [0.05, 0.1) is 18.4 Å². The topological polar surface area (TPSA) is 123 Å². The summed E-state index contributed by atoms with van der Waals surface area (Å²) in [6.07, 6.45) is 2.93. The predicted molar refractivity (Wildman–Crippen MR) is 142 cm³/mol. The highest BCUT2D eigenvalue weighted by Crippen LogP contribution is 2.25. The van der Waals surface area contributed by atoms with Crippen LogP contribution in [0.15, 0.2) is 30.6 Å². The SMILES string of the molecule is CC(C)Nc1nc([C@@H](C)O)cc2cnc(Nc3ccc(CN4CCN(C(C)(C)CO)CC4)cn3)nc12. The molecule has 194 valence electrons. The van der Waals surface area contributed by atoms with E-state index in [1.807, 2.05) is 32.2 Å². The van der Waals surface area contributed by atoms with Crippen LogP contribution in [0.5, 0.6) is 0 Å². The Hall–Kier alpha value is -2.92. The van der Waals surface area contributed by atoms with Gasteiger partial charge in [-0.1, -0.05) is 6.07 Å². The van der Waals surface area contributed by atoms with Crippen LogP contribution in [0.2, 0.25) is 0 Å². The Labute approximate surface area is 212 Å². The molecule has 1 saturated heterocycles. The van der Waals surface area contributed by atoms with Gasteiger partial charge >= 0.3 is 0 Å². The minimum atomic E-state index is -0.682. The molecule has 0 spiro atoms. The summed E-state index contributed by atoms with van der Waals surface area (Å²) in [4.78, 5) is 23.0. The summed E-state index contributed by atoms with van der Waals surface area (Å²) >= 11 is 0. The first-order chi connectivity index (χ1) is 17.1. The predicted octanol–water partition coefficient (Wildman–Crippen LogP) is 2.93. The van der Waals surface area contributed by atoms with Crippen LogP contribution in [-0.4, -0.2) is 84.3 Å². The molecule has 10 nitrogen and oxygen atoms in total. The molecule has 4 rings (SSSR count). The second-order valence-corrected chi connectivity index (χ2v) is 10.4. The number of fused-ring (bicyclic) bond motifs is 1. The molecule has 10 heteroatoms. The van der Waals surface area contributed by atoms with Crippen molar-refractivity contribution in [3.63, 3.8) is 0 Å². The summed E-state index contributed by atoms with van der Waals surface area (Å²) in [5, 5.41) is 26.9. The number of hydrogen-bond donors (Lipinski definition) is 4. The van der Waals surface area contributed by atoms with E-state index in [9.17, 15) is 10.2 Å². The van der Waals surface area contributed by atoms with Crippen LogP contribution in [0.4, 0.5) is 17.6 Å². The Balaban J connectivity index is 1.42. The summed E-state index contributed by atoms with van der Waals surface area (Å²) in [6, 6.07) is 5.99. The van der Waals surface area contributed by atoms with Crippen LogP contribution in [0, 0.1) is 0 Å². The Bertz CT molecular complexity index is 1160. The molecule has 4 N–H and O–H groups in total. The minimum Gasteiger partial charge on any atom is -0.394 e. The first kappa shape index (κ1) is 26.2. The largest absolute Gasteiger partial charge is 0.394 e. The van der Waals surface area contributed by atoms with Crippen LogP contribution >= 0.6 is 0 Å². The van der Waals surface area contributed by atoms with Crippen molar-refractivity contribution in [2.24, 2.45) is 0 Å². The third-order valence-electron chi connectivity index (χ3n) is 6.53. The minimum absolute atomic E-state index is 0.162. The van der Waals surface area contributed by atoms with Crippen molar-refractivity contribution in [3.05, 3.63) is 41.9 Å². The summed E-state index contributed by atoms with van der Waals surface area (Å²) in [5.74, 6) is 1.72. The number of hydrogen-bond acceptors (Lipinski definition) is 10. The molecule has 1 atom stereocenters. The van der Waals surface area contributed by atoms with Crippen molar-refractivity contribution in [1.29, 1.82) is 0 Å². The van der Waals surface area contributed by atoms with Gasteiger partial charge < -0.3 is 20.8 Å².